The van der Waals surface area contributed by atoms with Crippen LogP contribution in [0.3, 0.4) is 0 Å². The Morgan fingerprint density at radius 1 is 1.18 bits per heavy atom. The second kappa shape index (κ2) is 9.00. The molecule has 2 atom stereocenters. The highest BCUT2D eigenvalue weighted by Crippen LogP contribution is 2.26. The molecule has 2 aromatic heterocycles. The molecule has 8 heteroatoms. The third kappa shape index (κ3) is 4.52. The van der Waals surface area contributed by atoms with Crippen LogP contribution in [-0.2, 0) is 13.0 Å². The number of thiazole rings is 1. The molecule has 1 fully saturated rings. The largest absolute Gasteiger partial charge is 0.351 e. The first-order chi connectivity index (χ1) is 16.0. The number of amides is 2. The Bertz CT molecular complexity index is 1250. The van der Waals surface area contributed by atoms with E-state index in [-0.39, 0.29) is 23.9 Å². The van der Waals surface area contributed by atoms with Crippen molar-refractivity contribution >= 4 is 34.1 Å². The van der Waals surface area contributed by atoms with Crippen LogP contribution in [0.5, 0.6) is 0 Å². The SMILES string of the molecule is C#Cc1ccc2[nH]c(C(=O)N[C@@H]3CCCC[C@@H]3NC(=O)c3nc4c(s3)CN(C)CC4)cc2c1. The van der Waals surface area contributed by atoms with Crippen molar-refractivity contribution in [3.05, 3.63) is 51.1 Å². The van der Waals surface area contributed by atoms with E-state index in [4.69, 9.17) is 6.42 Å². The molecule has 0 bridgehead atoms. The minimum atomic E-state index is -0.174. The number of hydrogen-bond donors (Lipinski definition) is 3. The number of aromatic amines is 1. The summed E-state index contributed by atoms with van der Waals surface area (Å²) in [5.41, 5.74) is 3.18. The fourth-order valence-corrected chi connectivity index (χ4v) is 5.81. The predicted molar refractivity (Wildman–Crippen MR) is 129 cm³/mol. The number of aromatic nitrogens is 2. The van der Waals surface area contributed by atoms with Crippen LogP contribution in [0.25, 0.3) is 10.9 Å². The zero-order valence-corrected chi connectivity index (χ0v) is 19.4. The molecule has 170 valence electrons. The summed E-state index contributed by atoms with van der Waals surface area (Å²) in [6.07, 6.45) is 10.1. The minimum Gasteiger partial charge on any atom is -0.351 e. The average Bonchev–Trinajstić information content (AvgIpc) is 3.43. The Hall–Kier alpha value is -3.15. The number of hydrogen-bond acceptors (Lipinski definition) is 5. The third-order valence-corrected chi connectivity index (χ3v) is 7.63. The summed E-state index contributed by atoms with van der Waals surface area (Å²) < 4.78 is 0. The molecular weight excluding hydrogens is 434 g/mol. The Morgan fingerprint density at radius 2 is 1.94 bits per heavy atom. The van der Waals surface area contributed by atoms with Crippen LogP contribution in [0.2, 0.25) is 0 Å². The van der Waals surface area contributed by atoms with E-state index in [1.807, 2.05) is 24.3 Å². The Balaban J connectivity index is 1.27. The van der Waals surface area contributed by atoms with E-state index >= 15 is 0 Å². The standard InChI is InChI=1S/C25H27N5O2S/c1-3-15-8-9-17-16(12-15)13-21(26-17)23(31)27-18-6-4-5-7-19(18)28-24(32)25-29-20-10-11-30(2)14-22(20)33-25/h1,8-9,12-13,18-19,26H,4-7,10-11,14H2,2H3,(H,27,31)(H,28,32)/t18-,19+/m1/s1. The smallest absolute Gasteiger partial charge is 0.280 e. The number of carbonyl (C=O) groups excluding carboxylic acids is 2. The van der Waals surface area contributed by atoms with Crippen LogP contribution in [-0.4, -0.2) is 52.4 Å². The summed E-state index contributed by atoms with van der Waals surface area (Å²) in [4.78, 5) is 37.2. The number of rotatable bonds is 4. The molecule has 0 spiro atoms. The monoisotopic (exact) mass is 461 g/mol. The molecule has 3 aromatic rings. The molecule has 1 aliphatic carbocycles. The van der Waals surface area contributed by atoms with Crippen molar-refractivity contribution in [2.45, 2.75) is 50.7 Å². The van der Waals surface area contributed by atoms with Gasteiger partial charge in [-0.05, 0) is 44.2 Å². The highest BCUT2D eigenvalue weighted by molar-refractivity contribution is 7.13. The van der Waals surface area contributed by atoms with Crippen molar-refractivity contribution < 1.29 is 9.59 Å². The summed E-state index contributed by atoms with van der Waals surface area (Å²) in [7, 11) is 2.08. The van der Waals surface area contributed by atoms with Gasteiger partial charge in [-0.2, -0.15) is 0 Å². The summed E-state index contributed by atoms with van der Waals surface area (Å²) in [6, 6.07) is 7.20. The third-order valence-electron chi connectivity index (χ3n) is 6.55. The number of benzene rings is 1. The van der Waals surface area contributed by atoms with Gasteiger partial charge in [-0.1, -0.05) is 18.8 Å². The molecule has 5 rings (SSSR count). The average molecular weight is 462 g/mol. The van der Waals surface area contributed by atoms with Crippen molar-refractivity contribution in [2.24, 2.45) is 0 Å². The molecular formula is C25H27N5O2S. The second-order valence-corrected chi connectivity index (χ2v) is 10.0. The van der Waals surface area contributed by atoms with Crippen LogP contribution in [0, 0.1) is 12.3 Å². The first-order valence-electron chi connectivity index (χ1n) is 11.4. The molecule has 3 N–H and O–H groups in total. The van der Waals surface area contributed by atoms with E-state index in [2.05, 4.69) is 38.5 Å². The zero-order valence-electron chi connectivity index (χ0n) is 18.6. The van der Waals surface area contributed by atoms with E-state index in [9.17, 15) is 9.59 Å². The van der Waals surface area contributed by atoms with Crippen molar-refractivity contribution in [3.8, 4) is 12.3 Å². The maximum absolute atomic E-state index is 13.0. The van der Waals surface area contributed by atoms with E-state index in [0.29, 0.717) is 10.7 Å². The molecule has 33 heavy (non-hydrogen) atoms. The molecule has 2 amide bonds. The Morgan fingerprint density at radius 3 is 2.70 bits per heavy atom. The van der Waals surface area contributed by atoms with Crippen molar-refractivity contribution in [2.75, 3.05) is 13.6 Å². The van der Waals surface area contributed by atoms with Crippen molar-refractivity contribution in [1.82, 2.24) is 25.5 Å². The lowest BCUT2D eigenvalue weighted by Crippen LogP contribution is -2.53. The molecule has 1 aromatic carbocycles. The van der Waals surface area contributed by atoms with Crippen LogP contribution < -0.4 is 10.6 Å². The van der Waals surface area contributed by atoms with E-state index in [1.54, 1.807) is 0 Å². The molecule has 0 saturated heterocycles. The normalized spacial score (nSPS) is 20.7. The van der Waals surface area contributed by atoms with Crippen LogP contribution >= 0.6 is 11.3 Å². The minimum absolute atomic E-state index is 0.115. The van der Waals surface area contributed by atoms with Crippen LogP contribution in [0.15, 0.2) is 24.3 Å². The van der Waals surface area contributed by atoms with Gasteiger partial charge in [0.2, 0.25) is 0 Å². The lowest BCUT2D eigenvalue weighted by atomic mass is 9.90. The Labute approximate surface area is 197 Å². The van der Waals surface area contributed by atoms with E-state index in [0.717, 1.165) is 67.4 Å². The van der Waals surface area contributed by atoms with Crippen molar-refractivity contribution in [3.63, 3.8) is 0 Å². The first-order valence-corrected chi connectivity index (χ1v) is 12.2. The molecule has 1 aliphatic heterocycles. The van der Waals surface area contributed by atoms with Crippen LogP contribution in [0.4, 0.5) is 0 Å². The van der Waals surface area contributed by atoms with Gasteiger partial charge in [0, 0.05) is 52.9 Å². The van der Waals surface area contributed by atoms with Gasteiger partial charge in [0.1, 0.15) is 5.69 Å². The van der Waals surface area contributed by atoms with E-state index < -0.39 is 0 Å². The molecule has 7 nitrogen and oxygen atoms in total. The quantitative estimate of drug-likeness (QED) is 0.521. The fraction of sp³-hybridized carbons (Fsp3) is 0.400. The van der Waals surface area contributed by atoms with Crippen molar-refractivity contribution in [1.29, 1.82) is 0 Å². The summed E-state index contributed by atoms with van der Waals surface area (Å²) in [5, 5.41) is 7.71. The molecule has 0 radical (unpaired) electrons. The predicted octanol–water partition coefficient (Wildman–Crippen LogP) is 3.06. The van der Waals surface area contributed by atoms with Gasteiger partial charge in [-0.3, -0.25) is 9.59 Å². The number of terminal acetylenes is 1. The highest BCUT2D eigenvalue weighted by Gasteiger charge is 2.30. The lowest BCUT2D eigenvalue weighted by molar-refractivity contribution is 0.0860. The maximum atomic E-state index is 13.0. The molecule has 0 unspecified atom stereocenters. The summed E-state index contributed by atoms with van der Waals surface area (Å²) in [5.74, 6) is 2.30. The van der Waals surface area contributed by atoms with Gasteiger partial charge in [-0.25, -0.2) is 4.98 Å². The zero-order chi connectivity index (χ0) is 22.9. The van der Waals surface area contributed by atoms with Crippen LogP contribution in [0.1, 0.15) is 62.1 Å². The number of nitrogens with zero attached hydrogens (tertiary/aromatic N) is 2. The number of fused-ring (bicyclic) bond motifs is 2. The van der Waals surface area contributed by atoms with Gasteiger partial charge in [-0.15, -0.1) is 17.8 Å². The highest BCUT2D eigenvalue weighted by atomic mass is 32.1. The number of nitrogens with one attached hydrogen (secondary N) is 3. The molecule has 1 saturated carbocycles. The topological polar surface area (TPSA) is 90.1 Å². The van der Waals surface area contributed by atoms with Gasteiger partial charge >= 0.3 is 0 Å². The summed E-state index contributed by atoms with van der Waals surface area (Å²) in [6.45, 7) is 1.81. The lowest BCUT2D eigenvalue weighted by Gasteiger charge is -2.32. The number of H-pyrrole nitrogens is 1. The maximum Gasteiger partial charge on any atom is 0.280 e. The second-order valence-electron chi connectivity index (χ2n) is 8.95. The van der Waals surface area contributed by atoms with Gasteiger partial charge in [0.15, 0.2) is 5.01 Å². The summed E-state index contributed by atoms with van der Waals surface area (Å²) >= 11 is 1.48. The van der Waals surface area contributed by atoms with Gasteiger partial charge in [0.05, 0.1) is 5.69 Å². The van der Waals surface area contributed by atoms with Gasteiger partial charge < -0.3 is 20.5 Å². The Kier molecular flexibility index (Phi) is 5.92. The van der Waals surface area contributed by atoms with E-state index in [1.165, 1.54) is 16.2 Å². The number of carbonyl (C=O) groups is 2. The molecule has 2 aliphatic rings. The first kappa shape index (κ1) is 21.7. The number of likely N-dealkylation sites (N-methyl/N-ethyl adjacent to an activating group) is 1. The van der Waals surface area contributed by atoms with Gasteiger partial charge in [0.25, 0.3) is 11.8 Å². The fourth-order valence-electron chi connectivity index (χ4n) is 4.72. The molecule has 3 heterocycles.